The van der Waals surface area contributed by atoms with E-state index in [2.05, 4.69) is 5.32 Å². The third-order valence-corrected chi connectivity index (χ3v) is 4.86. The van der Waals surface area contributed by atoms with Crippen molar-refractivity contribution in [2.24, 2.45) is 0 Å². The molecule has 0 heterocycles. The first-order valence-corrected chi connectivity index (χ1v) is 9.95. The van der Waals surface area contributed by atoms with Gasteiger partial charge in [0.15, 0.2) is 11.7 Å². The Hall–Kier alpha value is -3.49. The first-order chi connectivity index (χ1) is 15.8. The molecule has 0 spiro atoms. The Labute approximate surface area is 200 Å². The zero-order valence-corrected chi connectivity index (χ0v) is 18.9. The molecule has 13 heteroatoms. The van der Waals surface area contributed by atoms with Gasteiger partial charge in [0.2, 0.25) is 0 Å². The number of aliphatic hydroxyl groups is 1. The molecule has 0 aliphatic rings. The minimum atomic E-state index is -4.84. The molecular weight excluding hydrogens is 505 g/mol. The minimum absolute atomic E-state index is 0.00604. The van der Waals surface area contributed by atoms with Crippen LogP contribution in [0.5, 0.6) is 5.75 Å². The van der Waals surface area contributed by atoms with Gasteiger partial charge in [0.1, 0.15) is 23.4 Å². The van der Waals surface area contributed by atoms with Crippen molar-refractivity contribution >= 4 is 46.4 Å². The lowest BCUT2D eigenvalue weighted by Gasteiger charge is -2.21. The third-order valence-electron chi connectivity index (χ3n) is 4.23. The largest absolute Gasteiger partial charge is 0.511 e. The number of hydrogen-bond acceptors (Lipinski definition) is 5. The van der Waals surface area contributed by atoms with Gasteiger partial charge in [0, 0.05) is 6.07 Å². The number of halogens is 6. The highest BCUT2D eigenvalue weighted by molar-refractivity contribution is 6.40. The fraction of sp³-hybridized carbons (Fsp3) is 0.190. The summed E-state index contributed by atoms with van der Waals surface area (Å²) >= 11 is 12.0. The van der Waals surface area contributed by atoms with Gasteiger partial charge in [-0.15, -0.1) is 0 Å². The summed E-state index contributed by atoms with van der Waals surface area (Å²) in [6.45, 7) is 1.68. The Kier molecular flexibility index (Phi) is 8.36. The number of amides is 2. The van der Waals surface area contributed by atoms with Gasteiger partial charge in [-0.1, -0.05) is 29.3 Å². The average molecular weight is 520 g/mol. The van der Waals surface area contributed by atoms with E-state index in [-0.39, 0.29) is 15.7 Å². The summed E-state index contributed by atoms with van der Waals surface area (Å²) in [5.74, 6) is -5.01. The van der Waals surface area contributed by atoms with Gasteiger partial charge in [0.05, 0.1) is 27.0 Å². The standard InChI is InChI=1S/C21H15Cl2F4N3O4/c1-9(31)12(8-28)20(33)29-16-7-17(34-10(2)21(25,26)27)11(6-15(16)24)19(32)30-18-13(22)4-3-5-14(18)23/h3-7,10,31H,1-2H3,(H,29,33)(H,30,32)/b12-9-/t10-/m0/s1. The number of rotatable bonds is 6. The number of allylic oxidation sites excluding steroid dienone is 1. The quantitative estimate of drug-likeness (QED) is 0.187. The van der Waals surface area contributed by atoms with Gasteiger partial charge in [-0.05, 0) is 32.0 Å². The molecule has 2 aromatic carbocycles. The fourth-order valence-electron chi connectivity index (χ4n) is 2.46. The smallest absolute Gasteiger partial charge is 0.425 e. The Morgan fingerprint density at radius 3 is 2.26 bits per heavy atom. The highest BCUT2D eigenvalue weighted by Gasteiger charge is 2.39. The molecule has 0 bridgehead atoms. The van der Waals surface area contributed by atoms with Crippen molar-refractivity contribution in [3.8, 4) is 11.8 Å². The number of nitrogens with one attached hydrogen (secondary N) is 2. The number of aliphatic hydroxyl groups excluding tert-OH is 1. The van der Waals surface area contributed by atoms with Gasteiger partial charge >= 0.3 is 6.18 Å². The highest BCUT2D eigenvalue weighted by Crippen LogP contribution is 2.34. The summed E-state index contributed by atoms with van der Waals surface area (Å²) in [7, 11) is 0. The van der Waals surface area contributed by atoms with Crippen LogP contribution in [0.2, 0.25) is 10.0 Å². The molecular formula is C21H15Cl2F4N3O4. The van der Waals surface area contributed by atoms with Crippen molar-refractivity contribution in [2.75, 3.05) is 10.6 Å². The molecule has 0 saturated carbocycles. The molecule has 3 N–H and O–H groups in total. The molecule has 180 valence electrons. The van der Waals surface area contributed by atoms with Crippen LogP contribution in [-0.4, -0.2) is 29.2 Å². The van der Waals surface area contributed by atoms with E-state index >= 15 is 0 Å². The average Bonchev–Trinajstić information content (AvgIpc) is 2.72. The highest BCUT2D eigenvalue weighted by atomic mass is 35.5. The minimum Gasteiger partial charge on any atom is -0.511 e. The van der Waals surface area contributed by atoms with E-state index in [1.165, 1.54) is 24.3 Å². The van der Waals surface area contributed by atoms with Gasteiger partial charge in [-0.3, -0.25) is 9.59 Å². The van der Waals surface area contributed by atoms with Crippen LogP contribution in [0.4, 0.5) is 28.9 Å². The number of ether oxygens (including phenoxy) is 1. The van der Waals surface area contributed by atoms with Crippen LogP contribution in [-0.2, 0) is 4.79 Å². The molecule has 0 aliphatic carbocycles. The predicted octanol–water partition coefficient (Wildman–Crippen LogP) is 6.01. The molecule has 0 aromatic heterocycles. The Morgan fingerprint density at radius 1 is 1.18 bits per heavy atom. The van der Waals surface area contributed by atoms with Crippen LogP contribution >= 0.6 is 23.2 Å². The fourth-order valence-corrected chi connectivity index (χ4v) is 2.95. The van der Waals surface area contributed by atoms with Crippen molar-refractivity contribution in [1.82, 2.24) is 0 Å². The van der Waals surface area contributed by atoms with E-state index in [1.54, 1.807) is 0 Å². The zero-order chi connectivity index (χ0) is 25.8. The van der Waals surface area contributed by atoms with Crippen molar-refractivity contribution in [3.05, 3.63) is 63.1 Å². The maximum atomic E-state index is 14.7. The van der Waals surface area contributed by atoms with E-state index in [9.17, 15) is 32.3 Å². The van der Waals surface area contributed by atoms with Crippen LogP contribution in [0.15, 0.2) is 41.7 Å². The van der Waals surface area contributed by atoms with Crippen molar-refractivity contribution in [1.29, 1.82) is 5.26 Å². The lowest BCUT2D eigenvalue weighted by Crippen LogP contribution is -2.32. The third kappa shape index (κ3) is 6.30. The SMILES string of the molecule is C/C(O)=C(\C#N)C(=O)Nc1cc(O[C@@H](C)C(F)(F)F)c(C(=O)Nc2c(Cl)cccc2Cl)cc1F. The molecule has 0 saturated heterocycles. The second-order valence-electron chi connectivity index (χ2n) is 6.71. The molecule has 7 nitrogen and oxygen atoms in total. The molecule has 2 rings (SSSR count). The van der Waals surface area contributed by atoms with Crippen LogP contribution < -0.4 is 15.4 Å². The molecule has 0 unspecified atom stereocenters. The number of carbonyl (C=O) groups is 2. The van der Waals surface area contributed by atoms with Crippen LogP contribution in [0.3, 0.4) is 0 Å². The first-order valence-electron chi connectivity index (χ1n) is 9.19. The Bertz CT molecular complexity index is 1190. The maximum Gasteiger partial charge on any atom is 0.425 e. The van der Waals surface area contributed by atoms with Crippen LogP contribution in [0, 0.1) is 17.1 Å². The van der Waals surface area contributed by atoms with Crippen molar-refractivity contribution in [3.63, 3.8) is 0 Å². The van der Waals surface area contributed by atoms with Crippen molar-refractivity contribution < 1.29 is 37.0 Å². The summed E-state index contributed by atoms with van der Waals surface area (Å²) in [6, 6.07) is 6.81. The summed E-state index contributed by atoms with van der Waals surface area (Å²) < 4.78 is 58.8. The number of benzene rings is 2. The van der Waals surface area contributed by atoms with Crippen LogP contribution in [0.25, 0.3) is 0 Å². The van der Waals surface area contributed by atoms with E-state index in [4.69, 9.17) is 33.2 Å². The lowest BCUT2D eigenvalue weighted by molar-refractivity contribution is -0.189. The van der Waals surface area contributed by atoms with E-state index in [0.717, 1.165) is 6.92 Å². The number of nitrogens with zero attached hydrogens (tertiary/aromatic N) is 1. The molecule has 2 aromatic rings. The predicted molar refractivity (Wildman–Crippen MR) is 117 cm³/mol. The number of anilines is 2. The maximum absolute atomic E-state index is 14.7. The molecule has 0 fully saturated rings. The molecule has 0 radical (unpaired) electrons. The summed E-state index contributed by atoms with van der Waals surface area (Å²) in [4.78, 5) is 24.9. The van der Waals surface area contributed by atoms with E-state index in [1.807, 2.05) is 5.32 Å². The van der Waals surface area contributed by atoms with Gasteiger partial charge in [-0.25, -0.2) is 4.39 Å². The molecule has 1 atom stereocenters. The summed E-state index contributed by atoms with van der Waals surface area (Å²) in [5, 5.41) is 22.5. The number of carbonyl (C=O) groups excluding carboxylic acids is 2. The van der Waals surface area contributed by atoms with Crippen LogP contribution in [0.1, 0.15) is 24.2 Å². The number of alkyl halides is 3. The Balaban J connectivity index is 2.54. The van der Waals surface area contributed by atoms with E-state index < -0.39 is 58.2 Å². The zero-order valence-electron chi connectivity index (χ0n) is 17.4. The number of nitriles is 1. The number of para-hydroxylation sites is 1. The Morgan fingerprint density at radius 2 is 1.76 bits per heavy atom. The lowest BCUT2D eigenvalue weighted by atomic mass is 10.1. The second-order valence-corrected chi connectivity index (χ2v) is 7.52. The molecule has 2 amide bonds. The monoisotopic (exact) mass is 519 g/mol. The molecule has 0 aliphatic heterocycles. The second kappa shape index (κ2) is 10.6. The topological polar surface area (TPSA) is 111 Å². The van der Waals surface area contributed by atoms with Crippen molar-refractivity contribution in [2.45, 2.75) is 26.1 Å². The summed E-state index contributed by atoms with van der Waals surface area (Å²) in [5.41, 5.74) is -2.22. The van der Waals surface area contributed by atoms with Gasteiger partial charge < -0.3 is 20.5 Å². The molecule has 34 heavy (non-hydrogen) atoms. The normalized spacial score (nSPS) is 12.8. The number of hydrogen-bond donors (Lipinski definition) is 3. The van der Waals surface area contributed by atoms with Gasteiger partial charge in [0.25, 0.3) is 11.8 Å². The summed E-state index contributed by atoms with van der Waals surface area (Å²) in [6.07, 6.45) is -7.27. The first kappa shape index (κ1) is 26.8. The van der Waals surface area contributed by atoms with Gasteiger partial charge in [-0.2, -0.15) is 18.4 Å². The van der Waals surface area contributed by atoms with E-state index in [0.29, 0.717) is 19.1 Å².